The van der Waals surface area contributed by atoms with E-state index in [1.807, 2.05) is 11.9 Å². The monoisotopic (exact) mass is 278 g/mol. The highest BCUT2D eigenvalue weighted by Gasteiger charge is 2.11. The van der Waals surface area contributed by atoms with Gasteiger partial charge in [-0.25, -0.2) is 4.39 Å². The van der Waals surface area contributed by atoms with Crippen LogP contribution >= 0.6 is 0 Å². The van der Waals surface area contributed by atoms with Gasteiger partial charge in [0.25, 0.3) is 0 Å². The van der Waals surface area contributed by atoms with Crippen LogP contribution in [0.2, 0.25) is 0 Å². The Hall–Kier alpha value is -1.56. The summed E-state index contributed by atoms with van der Waals surface area (Å²) >= 11 is 0. The van der Waals surface area contributed by atoms with Gasteiger partial charge in [-0.05, 0) is 30.8 Å². The van der Waals surface area contributed by atoms with Gasteiger partial charge in [0.05, 0.1) is 18.2 Å². The molecule has 0 aliphatic heterocycles. The van der Waals surface area contributed by atoms with E-state index in [-0.39, 0.29) is 5.82 Å². The normalized spacial score (nSPS) is 13.1. The molecule has 1 aromatic heterocycles. The molecule has 0 saturated heterocycles. The molecular weight excluding hydrogens is 259 g/mol. The quantitative estimate of drug-likeness (QED) is 0.875. The Bertz CT molecular complexity index is 577. The van der Waals surface area contributed by atoms with Crippen LogP contribution in [0.4, 0.5) is 4.39 Å². The molecule has 1 unspecified atom stereocenters. The van der Waals surface area contributed by atoms with Gasteiger partial charge < -0.3 is 9.84 Å². The summed E-state index contributed by atoms with van der Waals surface area (Å²) in [6, 6.07) is 6.64. The number of pyridine rings is 1. The summed E-state index contributed by atoms with van der Waals surface area (Å²) in [5.74, 6) is -0.265. The third kappa shape index (κ3) is 3.50. The first-order valence-corrected chi connectivity index (χ1v) is 6.49. The fraction of sp³-hybridized carbons (Fsp3) is 0.400. The SMILES string of the molecule is COCC(O)CN(C)Cc1ccc(F)c2cccnc12. The number of benzene rings is 1. The molecule has 0 saturated carbocycles. The number of methoxy groups -OCH3 is 1. The molecule has 1 aromatic carbocycles. The van der Waals surface area contributed by atoms with Crippen molar-refractivity contribution in [2.24, 2.45) is 0 Å². The highest BCUT2D eigenvalue weighted by Crippen LogP contribution is 2.20. The molecule has 2 rings (SSSR count). The lowest BCUT2D eigenvalue weighted by Gasteiger charge is -2.20. The Morgan fingerprint density at radius 3 is 2.95 bits per heavy atom. The topological polar surface area (TPSA) is 45.6 Å². The Kier molecular flexibility index (Phi) is 5.00. The van der Waals surface area contributed by atoms with Gasteiger partial charge in [0.1, 0.15) is 5.82 Å². The molecule has 20 heavy (non-hydrogen) atoms. The number of hydrogen-bond acceptors (Lipinski definition) is 4. The molecule has 0 amide bonds. The van der Waals surface area contributed by atoms with Crippen LogP contribution in [0.15, 0.2) is 30.5 Å². The molecule has 1 N–H and O–H groups in total. The van der Waals surface area contributed by atoms with Crippen molar-refractivity contribution < 1.29 is 14.2 Å². The summed E-state index contributed by atoms with van der Waals surface area (Å²) in [5.41, 5.74) is 1.61. The number of rotatable bonds is 6. The molecule has 4 nitrogen and oxygen atoms in total. The minimum atomic E-state index is -0.537. The second-order valence-corrected chi connectivity index (χ2v) is 4.91. The zero-order valence-corrected chi connectivity index (χ0v) is 11.7. The van der Waals surface area contributed by atoms with E-state index in [0.29, 0.717) is 30.6 Å². The predicted octanol–water partition coefficient (Wildman–Crippen LogP) is 1.81. The van der Waals surface area contributed by atoms with Crippen LogP contribution in [0.5, 0.6) is 0 Å². The number of hydrogen-bond donors (Lipinski definition) is 1. The average Bonchev–Trinajstić information content (AvgIpc) is 2.42. The van der Waals surface area contributed by atoms with E-state index in [4.69, 9.17) is 4.74 Å². The molecular formula is C15H19FN2O2. The third-order valence-corrected chi connectivity index (χ3v) is 3.12. The van der Waals surface area contributed by atoms with Crippen molar-refractivity contribution in [3.05, 3.63) is 41.8 Å². The first-order valence-electron chi connectivity index (χ1n) is 6.49. The standard InChI is InChI=1S/C15H19FN2O2/c1-18(9-12(19)10-20-2)8-11-5-6-14(16)13-4-3-7-17-15(11)13/h3-7,12,19H,8-10H2,1-2H3. The summed E-state index contributed by atoms with van der Waals surface area (Å²) in [5, 5.41) is 10.2. The van der Waals surface area contributed by atoms with Crippen LogP contribution < -0.4 is 0 Å². The minimum Gasteiger partial charge on any atom is -0.389 e. The summed E-state index contributed by atoms with van der Waals surface area (Å²) in [4.78, 5) is 6.22. The van der Waals surface area contributed by atoms with Crippen LogP contribution in [0.1, 0.15) is 5.56 Å². The molecule has 1 heterocycles. The van der Waals surface area contributed by atoms with Crippen LogP contribution in [0.25, 0.3) is 10.9 Å². The second kappa shape index (κ2) is 6.74. The Morgan fingerprint density at radius 1 is 1.40 bits per heavy atom. The number of aliphatic hydroxyl groups excluding tert-OH is 1. The van der Waals surface area contributed by atoms with E-state index in [0.717, 1.165) is 5.56 Å². The number of aliphatic hydroxyl groups is 1. The Labute approximate surface area is 117 Å². The number of fused-ring (bicyclic) bond motifs is 1. The number of halogens is 1. The molecule has 0 spiro atoms. The fourth-order valence-electron chi connectivity index (χ4n) is 2.28. The van der Waals surface area contributed by atoms with Crippen molar-refractivity contribution in [2.45, 2.75) is 12.6 Å². The van der Waals surface area contributed by atoms with Gasteiger partial charge in [-0.3, -0.25) is 9.88 Å². The molecule has 0 aliphatic rings. The average molecular weight is 278 g/mol. The predicted molar refractivity (Wildman–Crippen MR) is 75.9 cm³/mol. The van der Waals surface area contributed by atoms with Gasteiger partial charge >= 0.3 is 0 Å². The summed E-state index contributed by atoms with van der Waals surface area (Å²) in [6.07, 6.45) is 1.12. The highest BCUT2D eigenvalue weighted by molar-refractivity contribution is 5.82. The molecule has 5 heteroatoms. The number of aromatic nitrogens is 1. The van der Waals surface area contributed by atoms with Gasteiger partial charge in [-0.15, -0.1) is 0 Å². The van der Waals surface area contributed by atoms with E-state index in [9.17, 15) is 9.50 Å². The first-order chi connectivity index (χ1) is 9.61. The smallest absolute Gasteiger partial charge is 0.132 e. The van der Waals surface area contributed by atoms with E-state index >= 15 is 0 Å². The molecule has 2 aromatic rings. The maximum Gasteiger partial charge on any atom is 0.132 e. The Balaban J connectivity index is 2.15. The molecule has 0 aliphatic carbocycles. The lowest BCUT2D eigenvalue weighted by molar-refractivity contribution is 0.0419. The second-order valence-electron chi connectivity index (χ2n) is 4.91. The van der Waals surface area contributed by atoms with E-state index in [2.05, 4.69) is 4.98 Å². The van der Waals surface area contributed by atoms with Crippen molar-refractivity contribution in [3.8, 4) is 0 Å². The lowest BCUT2D eigenvalue weighted by Crippen LogP contribution is -2.31. The molecule has 0 fully saturated rings. The van der Waals surface area contributed by atoms with E-state index in [1.165, 1.54) is 6.07 Å². The summed E-state index contributed by atoms with van der Waals surface area (Å²) < 4.78 is 18.6. The van der Waals surface area contributed by atoms with E-state index in [1.54, 1.807) is 31.5 Å². The zero-order valence-electron chi connectivity index (χ0n) is 11.7. The van der Waals surface area contributed by atoms with Gasteiger partial charge in [-0.2, -0.15) is 0 Å². The van der Waals surface area contributed by atoms with Crippen LogP contribution in [0.3, 0.4) is 0 Å². The largest absolute Gasteiger partial charge is 0.389 e. The van der Waals surface area contributed by atoms with Crippen molar-refractivity contribution >= 4 is 10.9 Å². The first kappa shape index (κ1) is 14.8. The van der Waals surface area contributed by atoms with Crippen LogP contribution in [0, 0.1) is 5.82 Å². The molecule has 0 radical (unpaired) electrons. The summed E-state index contributed by atoms with van der Waals surface area (Å²) in [7, 11) is 3.46. The number of ether oxygens (including phenoxy) is 1. The maximum absolute atomic E-state index is 13.7. The van der Waals surface area contributed by atoms with Crippen molar-refractivity contribution in [2.75, 3.05) is 27.3 Å². The fourth-order valence-corrected chi connectivity index (χ4v) is 2.28. The summed E-state index contributed by atoms with van der Waals surface area (Å²) in [6.45, 7) is 1.38. The van der Waals surface area contributed by atoms with E-state index < -0.39 is 6.10 Å². The van der Waals surface area contributed by atoms with Crippen molar-refractivity contribution in [1.82, 2.24) is 9.88 Å². The Morgan fingerprint density at radius 2 is 2.20 bits per heavy atom. The van der Waals surface area contributed by atoms with Gasteiger partial charge in [0.2, 0.25) is 0 Å². The van der Waals surface area contributed by atoms with Crippen molar-refractivity contribution in [3.63, 3.8) is 0 Å². The number of nitrogens with zero attached hydrogens (tertiary/aromatic N) is 2. The molecule has 0 bridgehead atoms. The highest BCUT2D eigenvalue weighted by atomic mass is 19.1. The van der Waals surface area contributed by atoms with Crippen LogP contribution in [-0.2, 0) is 11.3 Å². The maximum atomic E-state index is 13.7. The van der Waals surface area contributed by atoms with Crippen molar-refractivity contribution in [1.29, 1.82) is 0 Å². The lowest BCUT2D eigenvalue weighted by atomic mass is 10.1. The molecule has 108 valence electrons. The van der Waals surface area contributed by atoms with Crippen LogP contribution in [-0.4, -0.2) is 48.4 Å². The van der Waals surface area contributed by atoms with Gasteiger partial charge in [0, 0.05) is 31.8 Å². The zero-order chi connectivity index (χ0) is 14.5. The van der Waals surface area contributed by atoms with Gasteiger partial charge in [0.15, 0.2) is 0 Å². The minimum absolute atomic E-state index is 0.265. The van der Waals surface area contributed by atoms with Gasteiger partial charge in [-0.1, -0.05) is 6.07 Å². The molecule has 1 atom stereocenters. The number of likely N-dealkylation sites (N-methyl/N-ethyl adjacent to an activating group) is 1. The third-order valence-electron chi connectivity index (χ3n) is 3.12.